The summed E-state index contributed by atoms with van der Waals surface area (Å²) in [6.07, 6.45) is 4.57. The molecule has 2 atom stereocenters. The Morgan fingerprint density at radius 1 is 1.32 bits per heavy atom. The van der Waals surface area contributed by atoms with Gasteiger partial charge in [0.05, 0.1) is 12.7 Å². The summed E-state index contributed by atoms with van der Waals surface area (Å²) in [6, 6.07) is 2.11. The minimum absolute atomic E-state index is 0.182. The molecule has 0 aliphatic carbocycles. The zero-order chi connectivity index (χ0) is 13.2. The molecule has 2 fully saturated rings. The Bertz CT molecular complexity index is 449. The highest BCUT2D eigenvalue weighted by molar-refractivity contribution is 9.10. The van der Waals surface area contributed by atoms with Gasteiger partial charge in [0.1, 0.15) is 11.9 Å². The Morgan fingerprint density at radius 3 is 2.89 bits per heavy atom. The van der Waals surface area contributed by atoms with Crippen molar-refractivity contribution < 1.29 is 9.47 Å². The number of hydrogen-bond donors (Lipinski definition) is 0. The van der Waals surface area contributed by atoms with Crippen LogP contribution in [0.15, 0.2) is 16.7 Å². The number of rotatable bonds is 2. The third kappa shape index (κ3) is 2.93. The number of aromatic nitrogens is 1. The fraction of sp³-hybridized carbons (Fsp3) is 0.643. The molecule has 3 rings (SSSR count). The number of aryl methyl sites for hydroxylation is 1. The monoisotopic (exact) mass is 326 g/mol. The highest BCUT2D eigenvalue weighted by Crippen LogP contribution is 2.26. The second kappa shape index (κ2) is 5.77. The Hall–Kier alpha value is -0.650. The van der Waals surface area contributed by atoms with Gasteiger partial charge in [0.15, 0.2) is 0 Å². The third-order valence-electron chi connectivity index (χ3n) is 3.79. The topological polar surface area (TPSA) is 34.6 Å². The lowest BCUT2D eigenvalue weighted by Gasteiger charge is -2.36. The lowest BCUT2D eigenvalue weighted by atomic mass is 10.1. The summed E-state index contributed by atoms with van der Waals surface area (Å²) in [4.78, 5) is 6.86. The minimum Gasteiger partial charge on any atom is -0.375 e. The molecule has 2 aliphatic heterocycles. The van der Waals surface area contributed by atoms with E-state index in [0.29, 0.717) is 0 Å². The van der Waals surface area contributed by atoms with E-state index >= 15 is 0 Å². The van der Waals surface area contributed by atoms with E-state index in [-0.39, 0.29) is 12.2 Å². The number of pyridine rings is 1. The molecule has 5 heteroatoms. The van der Waals surface area contributed by atoms with Crippen LogP contribution < -0.4 is 4.90 Å². The van der Waals surface area contributed by atoms with Crippen LogP contribution in [-0.2, 0) is 9.47 Å². The van der Waals surface area contributed by atoms with Crippen LogP contribution in [0.1, 0.15) is 18.4 Å². The van der Waals surface area contributed by atoms with Crippen LogP contribution in [-0.4, -0.2) is 43.5 Å². The maximum atomic E-state index is 5.87. The molecule has 0 spiro atoms. The molecule has 2 aliphatic rings. The average Bonchev–Trinajstić information content (AvgIpc) is 2.93. The zero-order valence-electron chi connectivity index (χ0n) is 11.1. The first-order chi connectivity index (χ1) is 9.24. The van der Waals surface area contributed by atoms with E-state index in [2.05, 4.69) is 38.8 Å². The second-order valence-corrected chi connectivity index (χ2v) is 6.12. The maximum absolute atomic E-state index is 5.87. The summed E-state index contributed by atoms with van der Waals surface area (Å²) in [6.45, 7) is 5.50. The molecule has 0 bridgehead atoms. The third-order valence-corrected chi connectivity index (χ3v) is 4.22. The Morgan fingerprint density at radius 2 is 2.16 bits per heavy atom. The summed E-state index contributed by atoms with van der Waals surface area (Å²) in [5.74, 6) is 1.06. The van der Waals surface area contributed by atoms with Gasteiger partial charge in [-0.2, -0.15) is 0 Å². The van der Waals surface area contributed by atoms with Gasteiger partial charge in [-0.3, -0.25) is 0 Å². The van der Waals surface area contributed by atoms with E-state index in [1.807, 2.05) is 6.20 Å². The van der Waals surface area contributed by atoms with E-state index in [4.69, 9.17) is 9.47 Å². The highest BCUT2D eigenvalue weighted by Gasteiger charge is 2.31. The molecule has 19 heavy (non-hydrogen) atoms. The van der Waals surface area contributed by atoms with Crippen molar-refractivity contribution in [1.82, 2.24) is 4.98 Å². The molecule has 2 saturated heterocycles. The van der Waals surface area contributed by atoms with Crippen molar-refractivity contribution >= 4 is 21.7 Å². The van der Waals surface area contributed by atoms with E-state index in [0.717, 1.165) is 49.4 Å². The fourth-order valence-electron chi connectivity index (χ4n) is 2.85. The SMILES string of the molecule is Cc1cc(Br)cnc1N1CCO[C@@H]([C@@H]2CCCO2)C1. The number of hydrogen-bond acceptors (Lipinski definition) is 4. The van der Waals surface area contributed by atoms with Crippen molar-refractivity contribution in [3.8, 4) is 0 Å². The molecule has 0 radical (unpaired) electrons. The molecule has 1 aromatic heterocycles. The van der Waals surface area contributed by atoms with Crippen LogP contribution in [0.3, 0.4) is 0 Å². The van der Waals surface area contributed by atoms with Crippen LogP contribution in [0.25, 0.3) is 0 Å². The largest absolute Gasteiger partial charge is 0.375 e. The van der Waals surface area contributed by atoms with Crippen LogP contribution in [0.2, 0.25) is 0 Å². The van der Waals surface area contributed by atoms with Gasteiger partial charge in [-0.25, -0.2) is 4.98 Å². The van der Waals surface area contributed by atoms with Crippen LogP contribution in [0.4, 0.5) is 5.82 Å². The summed E-state index contributed by atoms with van der Waals surface area (Å²) in [7, 11) is 0. The summed E-state index contributed by atoms with van der Waals surface area (Å²) < 4.78 is 12.6. The van der Waals surface area contributed by atoms with Crippen LogP contribution in [0, 0.1) is 6.92 Å². The molecule has 0 saturated carbocycles. The predicted octanol–water partition coefficient (Wildman–Crippen LogP) is 2.54. The van der Waals surface area contributed by atoms with Gasteiger partial charge in [0.25, 0.3) is 0 Å². The lowest BCUT2D eigenvalue weighted by molar-refractivity contribution is -0.0544. The fourth-order valence-corrected chi connectivity index (χ4v) is 3.30. The number of morpholine rings is 1. The van der Waals surface area contributed by atoms with Crippen LogP contribution >= 0.6 is 15.9 Å². The van der Waals surface area contributed by atoms with Gasteiger partial charge in [-0.1, -0.05) is 0 Å². The first-order valence-electron chi connectivity index (χ1n) is 6.84. The smallest absolute Gasteiger partial charge is 0.131 e. The molecular formula is C14H19BrN2O2. The summed E-state index contributed by atoms with van der Waals surface area (Å²) >= 11 is 3.46. The molecule has 0 amide bonds. The van der Waals surface area contributed by atoms with Gasteiger partial charge in [-0.15, -0.1) is 0 Å². The zero-order valence-corrected chi connectivity index (χ0v) is 12.7. The molecular weight excluding hydrogens is 308 g/mol. The first-order valence-corrected chi connectivity index (χ1v) is 7.63. The van der Waals surface area contributed by atoms with Crippen molar-refractivity contribution in [3.05, 3.63) is 22.3 Å². The first kappa shape index (κ1) is 13.3. The van der Waals surface area contributed by atoms with Gasteiger partial charge in [-0.05, 0) is 47.3 Å². The molecule has 4 nitrogen and oxygen atoms in total. The molecule has 0 N–H and O–H groups in total. The van der Waals surface area contributed by atoms with Crippen molar-refractivity contribution in [2.75, 3.05) is 31.2 Å². The Balaban J connectivity index is 1.73. The quantitative estimate of drug-likeness (QED) is 0.836. The normalized spacial score (nSPS) is 27.8. The molecule has 3 heterocycles. The molecule has 0 unspecified atom stereocenters. The predicted molar refractivity (Wildman–Crippen MR) is 77.6 cm³/mol. The second-order valence-electron chi connectivity index (χ2n) is 5.20. The molecule has 1 aromatic rings. The minimum atomic E-state index is 0.182. The Kier molecular flexibility index (Phi) is 4.05. The van der Waals surface area contributed by atoms with E-state index in [1.165, 1.54) is 5.56 Å². The lowest BCUT2D eigenvalue weighted by Crippen LogP contribution is -2.48. The summed E-state index contributed by atoms with van der Waals surface area (Å²) in [5.41, 5.74) is 1.20. The molecule has 104 valence electrons. The highest BCUT2D eigenvalue weighted by atomic mass is 79.9. The molecule has 0 aromatic carbocycles. The van der Waals surface area contributed by atoms with Crippen molar-refractivity contribution in [3.63, 3.8) is 0 Å². The summed E-state index contributed by atoms with van der Waals surface area (Å²) in [5, 5.41) is 0. The van der Waals surface area contributed by atoms with E-state index < -0.39 is 0 Å². The average molecular weight is 327 g/mol. The van der Waals surface area contributed by atoms with E-state index in [1.54, 1.807) is 0 Å². The Labute approximate surface area is 122 Å². The van der Waals surface area contributed by atoms with Gasteiger partial charge in [0, 0.05) is 30.4 Å². The number of ether oxygens (including phenoxy) is 2. The number of halogens is 1. The number of nitrogens with zero attached hydrogens (tertiary/aromatic N) is 2. The number of anilines is 1. The van der Waals surface area contributed by atoms with Gasteiger partial charge >= 0.3 is 0 Å². The standard InChI is InChI=1S/C14H19BrN2O2/c1-10-7-11(15)8-16-14(10)17-4-6-19-13(9-17)12-3-2-5-18-12/h7-8,12-13H,2-6,9H2,1H3/t12-,13+/m0/s1. The van der Waals surface area contributed by atoms with Crippen molar-refractivity contribution in [2.45, 2.75) is 32.0 Å². The maximum Gasteiger partial charge on any atom is 0.131 e. The van der Waals surface area contributed by atoms with Crippen molar-refractivity contribution in [1.29, 1.82) is 0 Å². The van der Waals surface area contributed by atoms with E-state index in [9.17, 15) is 0 Å². The van der Waals surface area contributed by atoms with Gasteiger partial charge in [0.2, 0.25) is 0 Å². The van der Waals surface area contributed by atoms with Gasteiger partial charge < -0.3 is 14.4 Å². The van der Waals surface area contributed by atoms with Crippen LogP contribution in [0.5, 0.6) is 0 Å². The van der Waals surface area contributed by atoms with Crippen molar-refractivity contribution in [2.24, 2.45) is 0 Å².